The van der Waals surface area contributed by atoms with Crippen molar-refractivity contribution in [2.75, 3.05) is 5.23 Å². The van der Waals surface area contributed by atoms with Crippen molar-refractivity contribution >= 4 is 16.8 Å². The zero-order valence-electron chi connectivity index (χ0n) is 14.2. The fraction of sp³-hybridized carbons (Fsp3) is 0.316. The Morgan fingerprint density at radius 3 is 2.21 bits per heavy atom. The maximum atomic E-state index is 5.94. The number of aromatic nitrogens is 1. The first-order valence-corrected chi connectivity index (χ1v) is 8.00. The summed E-state index contributed by atoms with van der Waals surface area (Å²) in [5.41, 5.74) is 2.36. The van der Waals surface area contributed by atoms with Crippen LogP contribution in [0.5, 0.6) is 0 Å². The molecule has 0 amide bonds. The van der Waals surface area contributed by atoms with Crippen LogP contribution in [0, 0.1) is 0 Å². The molecule has 2 heterocycles. The molecule has 0 radical (unpaired) electrons. The maximum absolute atomic E-state index is 5.94. The summed E-state index contributed by atoms with van der Waals surface area (Å²) in [5.74, 6) is 0.603. The molecule has 0 bridgehead atoms. The average molecular weight is 324 g/mol. The van der Waals surface area contributed by atoms with Crippen LogP contribution in [0.2, 0.25) is 0 Å². The molecule has 2 aromatic carbocycles. The van der Waals surface area contributed by atoms with Gasteiger partial charge in [-0.2, -0.15) is 0 Å². The molecule has 0 N–H and O–H groups in total. The van der Waals surface area contributed by atoms with E-state index in [0.717, 1.165) is 16.8 Å². The summed E-state index contributed by atoms with van der Waals surface area (Å²) in [4.78, 5) is 16.4. The van der Waals surface area contributed by atoms with E-state index in [0.29, 0.717) is 11.5 Å². The quantitative estimate of drug-likeness (QED) is 0.681. The Balaban J connectivity index is 1.70. The van der Waals surface area contributed by atoms with Gasteiger partial charge >= 0.3 is 0 Å². The summed E-state index contributed by atoms with van der Waals surface area (Å²) in [5, 5.41) is 1.46. The zero-order valence-corrected chi connectivity index (χ0v) is 14.2. The maximum Gasteiger partial charge on any atom is 0.227 e. The highest BCUT2D eigenvalue weighted by Gasteiger charge is 2.50. The van der Waals surface area contributed by atoms with Crippen LogP contribution in [-0.4, -0.2) is 16.2 Å². The van der Waals surface area contributed by atoms with Gasteiger partial charge in [-0.1, -0.05) is 18.2 Å². The fourth-order valence-corrected chi connectivity index (χ4v) is 2.49. The van der Waals surface area contributed by atoms with Gasteiger partial charge in [-0.3, -0.25) is 0 Å². The van der Waals surface area contributed by atoms with E-state index in [1.165, 1.54) is 5.23 Å². The number of rotatable bonds is 2. The van der Waals surface area contributed by atoms with E-state index < -0.39 is 11.2 Å². The van der Waals surface area contributed by atoms with E-state index in [1.54, 1.807) is 0 Å². The molecular weight excluding hydrogens is 304 g/mol. The van der Waals surface area contributed by atoms with Crippen molar-refractivity contribution in [2.45, 2.75) is 38.9 Å². The summed E-state index contributed by atoms with van der Waals surface area (Å²) in [6, 6.07) is 15.6. The topological polar surface area (TPSA) is 47.7 Å². The molecule has 0 aliphatic carbocycles. The third kappa shape index (κ3) is 2.37. The number of hydrogen-bond acceptors (Lipinski definition) is 5. The Bertz CT molecular complexity index is 868. The monoisotopic (exact) mass is 324 g/mol. The lowest BCUT2D eigenvalue weighted by Gasteiger charge is -2.26. The fourth-order valence-electron chi connectivity index (χ4n) is 2.49. The largest absolute Gasteiger partial charge is 0.436 e. The molecule has 5 heteroatoms. The molecule has 4 rings (SSSR count). The third-order valence-corrected chi connectivity index (χ3v) is 4.68. The van der Waals surface area contributed by atoms with E-state index in [-0.39, 0.29) is 0 Å². The molecule has 3 aromatic rings. The lowest BCUT2D eigenvalue weighted by atomic mass is 9.90. The van der Waals surface area contributed by atoms with Crippen molar-refractivity contribution < 1.29 is 14.1 Å². The van der Waals surface area contributed by atoms with Gasteiger partial charge in [0.1, 0.15) is 16.7 Å². The van der Waals surface area contributed by atoms with Gasteiger partial charge in [0, 0.05) is 11.6 Å². The Kier molecular flexibility index (Phi) is 3.20. The molecule has 1 saturated heterocycles. The second kappa shape index (κ2) is 5.06. The van der Waals surface area contributed by atoms with Gasteiger partial charge in [-0.15, -0.1) is 5.23 Å². The van der Waals surface area contributed by atoms with Crippen molar-refractivity contribution in [1.82, 2.24) is 4.98 Å². The van der Waals surface area contributed by atoms with Gasteiger partial charge in [0.05, 0.1) is 5.69 Å². The highest BCUT2D eigenvalue weighted by atomic mass is 17.0. The van der Waals surface area contributed by atoms with Gasteiger partial charge in [-0.05, 0) is 52.0 Å². The highest BCUT2D eigenvalue weighted by Crippen LogP contribution is 2.40. The molecule has 1 fully saturated rings. The second-order valence-corrected chi connectivity index (χ2v) is 7.00. The van der Waals surface area contributed by atoms with Crippen LogP contribution in [0.15, 0.2) is 52.9 Å². The van der Waals surface area contributed by atoms with Crippen molar-refractivity contribution in [3.8, 4) is 11.5 Å². The molecule has 0 atom stereocenters. The Hall–Kier alpha value is -2.37. The van der Waals surface area contributed by atoms with Crippen LogP contribution in [0.25, 0.3) is 22.6 Å². The highest BCUT2D eigenvalue weighted by molar-refractivity contribution is 5.79. The summed E-state index contributed by atoms with van der Waals surface area (Å²) >= 11 is 0. The minimum absolute atomic E-state index is 0.432. The van der Waals surface area contributed by atoms with Crippen molar-refractivity contribution in [2.24, 2.45) is 0 Å². The van der Waals surface area contributed by atoms with Crippen LogP contribution >= 0.6 is 0 Å². The van der Waals surface area contributed by atoms with E-state index >= 15 is 0 Å². The Morgan fingerprint density at radius 2 is 1.54 bits per heavy atom. The average Bonchev–Trinajstić information content (AvgIpc) is 3.06. The summed E-state index contributed by atoms with van der Waals surface area (Å²) < 4.78 is 5.91. The summed E-state index contributed by atoms with van der Waals surface area (Å²) in [6.45, 7) is 8.03. The second-order valence-electron chi connectivity index (χ2n) is 7.00. The van der Waals surface area contributed by atoms with Crippen molar-refractivity contribution in [3.63, 3.8) is 0 Å². The lowest BCUT2D eigenvalue weighted by Crippen LogP contribution is -2.41. The van der Waals surface area contributed by atoms with Gasteiger partial charge in [0.25, 0.3) is 0 Å². The van der Waals surface area contributed by atoms with Crippen LogP contribution in [0.1, 0.15) is 27.7 Å². The molecule has 5 nitrogen and oxygen atoms in total. The number of anilines is 1. The van der Waals surface area contributed by atoms with Gasteiger partial charge in [0.15, 0.2) is 5.58 Å². The summed E-state index contributed by atoms with van der Waals surface area (Å²) in [6.07, 6.45) is 0. The standard InChI is InChI=1S/C19H20N2O3/c1-18(2)19(3,4)24-21(23-18)14-10-11-15-16(12-14)22-17(20-15)13-8-6-5-7-9-13/h5-12H,1-4H3. The van der Waals surface area contributed by atoms with Crippen molar-refractivity contribution in [3.05, 3.63) is 48.5 Å². The molecule has 124 valence electrons. The number of benzene rings is 2. The minimum Gasteiger partial charge on any atom is -0.436 e. The Morgan fingerprint density at radius 1 is 0.875 bits per heavy atom. The lowest BCUT2D eigenvalue weighted by molar-refractivity contribution is -0.0272. The third-order valence-electron chi connectivity index (χ3n) is 4.68. The van der Waals surface area contributed by atoms with Crippen LogP contribution in [0.3, 0.4) is 0 Å². The normalized spacial score (nSPS) is 19.1. The van der Waals surface area contributed by atoms with E-state index in [9.17, 15) is 0 Å². The van der Waals surface area contributed by atoms with E-state index in [2.05, 4.69) is 4.98 Å². The number of fused-ring (bicyclic) bond motifs is 1. The molecule has 1 aliphatic rings. The van der Waals surface area contributed by atoms with Crippen LogP contribution in [0.4, 0.5) is 5.69 Å². The van der Waals surface area contributed by atoms with E-state index in [1.807, 2.05) is 76.2 Å². The zero-order chi connectivity index (χ0) is 16.9. The number of nitrogens with zero attached hydrogens (tertiary/aromatic N) is 2. The first-order chi connectivity index (χ1) is 11.4. The predicted molar refractivity (Wildman–Crippen MR) is 92.3 cm³/mol. The number of oxazole rings is 1. The molecule has 0 saturated carbocycles. The predicted octanol–water partition coefficient (Wildman–Crippen LogP) is 4.74. The van der Waals surface area contributed by atoms with Gasteiger partial charge < -0.3 is 4.42 Å². The first-order valence-electron chi connectivity index (χ1n) is 8.00. The molecule has 24 heavy (non-hydrogen) atoms. The molecular formula is C19H20N2O3. The minimum atomic E-state index is -0.432. The SMILES string of the molecule is CC1(C)ON(c2ccc3nc(-c4ccccc4)oc3c2)OC1(C)C. The first kappa shape index (κ1) is 15.2. The van der Waals surface area contributed by atoms with E-state index in [4.69, 9.17) is 14.1 Å². The molecule has 1 aliphatic heterocycles. The molecule has 0 spiro atoms. The number of hydrogen-bond donors (Lipinski definition) is 0. The Labute approximate surface area is 140 Å². The molecule has 1 aromatic heterocycles. The smallest absolute Gasteiger partial charge is 0.227 e. The summed E-state index contributed by atoms with van der Waals surface area (Å²) in [7, 11) is 0. The van der Waals surface area contributed by atoms with Crippen molar-refractivity contribution in [1.29, 1.82) is 0 Å². The van der Waals surface area contributed by atoms with Gasteiger partial charge in [0.2, 0.25) is 5.89 Å². The van der Waals surface area contributed by atoms with Crippen LogP contribution < -0.4 is 5.23 Å². The van der Waals surface area contributed by atoms with Gasteiger partial charge in [-0.25, -0.2) is 14.7 Å². The molecule has 0 unspecified atom stereocenters. The van der Waals surface area contributed by atoms with Crippen LogP contribution in [-0.2, 0) is 9.68 Å².